The van der Waals surface area contributed by atoms with Gasteiger partial charge >= 0.3 is 36.7 Å². The summed E-state index contributed by atoms with van der Waals surface area (Å²) in [5.41, 5.74) is 0. The number of carbonyl (C=O) groups is 1. The molecule has 0 aliphatic rings. The summed E-state index contributed by atoms with van der Waals surface area (Å²) in [5.74, 6) is 0. The van der Waals surface area contributed by atoms with Crippen molar-refractivity contribution in [3.8, 4) is 0 Å². The molecule has 7 nitrogen and oxygen atoms in total. The molecule has 0 aliphatic carbocycles. The van der Waals surface area contributed by atoms with E-state index in [1.54, 1.807) is 0 Å². The van der Waals surface area contributed by atoms with Gasteiger partial charge in [0.2, 0.25) is 0 Å². The van der Waals surface area contributed by atoms with Crippen molar-refractivity contribution in [2.24, 2.45) is 0 Å². The summed E-state index contributed by atoms with van der Waals surface area (Å²) in [6.45, 7) is 0. The summed E-state index contributed by atoms with van der Waals surface area (Å²) in [6.07, 6.45) is -1.83. The van der Waals surface area contributed by atoms with E-state index < -0.39 is 20.7 Å². The molecule has 0 aliphatic heterocycles. The van der Waals surface area contributed by atoms with Crippen LogP contribution in [0.5, 0.6) is 0 Å². The molecule has 0 aromatic carbocycles. The molecule has 56 valence electrons. The first-order chi connectivity index (χ1) is 3.73. The fraction of sp³-hybridized carbons (Fsp3) is 0. The van der Waals surface area contributed by atoms with Gasteiger partial charge in [0.25, 0.3) is 0 Å². The standard InChI is InChI=1S/CH2O3.AsH3O4/c2-1(3)4;2-1(3,4)5/h(H2,2,3,4);(H3,2,3,4,5). The van der Waals surface area contributed by atoms with Crippen LogP contribution in [-0.4, -0.2) is 43.2 Å². The maximum absolute atomic E-state index is 8.94. The molecular formula is CH5AsO7. The topological polar surface area (TPSA) is 135 Å². The second-order valence-electron chi connectivity index (χ2n) is 0.796. The third-order valence-corrected chi connectivity index (χ3v) is 0. The molecule has 0 spiro atoms. The van der Waals surface area contributed by atoms with Crippen LogP contribution in [0.1, 0.15) is 0 Å². The number of carboxylic acid groups (broad SMARTS) is 2. The Bertz CT molecular complexity index is 109. The van der Waals surface area contributed by atoms with Crippen LogP contribution in [0, 0.1) is 0 Å². The Hall–Kier alpha value is -0.492. The van der Waals surface area contributed by atoms with Crippen LogP contribution >= 0.6 is 0 Å². The SMILES string of the molecule is O=C(O)O.O=[As](O)(O)O. The van der Waals surface area contributed by atoms with Crippen molar-refractivity contribution in [3.05, 3.63) is 0 Å². The Morgan fingerprint density at radius 1 is 1.11 bits per heavy atom. The number of hydrogen-bond donors (Lipinski definition) is 5. The first-order valence-electron chi connectivity index (χ1n) is 1.43. The van der Waals surface area contributed by atoms with Crippen LogP contribution in [0.3, 0.4) is 0 Å². The summed E-state index contributed by atoms with van der Waals surface area (Å²) in [6, 6.07) is 0. The van der Waals surface area contributed by atoms with Gasteiger partial charge in [0.05, 0.1) is 0 Å². The van der Waals surface area contributed by atoms with Crippen LogP contribution in [-0.2, 0) is 3.74 Å². The second kappa shape index (κ2) is 4.39. The molecule has 0 bridgehead atoms. The third-order valence-electron chi connectivity index (χ3n) is 0. The van der Waals surface area contributed by atoms with Crippen molar-refractivity contribution in [2.75, 3.05) is 0 Å². The van der Waals surface area contributed by atoms with Crippen LogP contribution in [0.25, 0.3) is 0 Å². The summed E-state index contributed by atoms with van der Waals surface area (Å²) in [7, 11) is 0. The van der Waals surface area contributed by atoms with E-state index in [9.17, 15) is 0 Å². The van der Waals surface area contributed by atoms with Gasteiger partial charge in [0, 0.05) is 0 Å². The molecule has 0 aromatic heterocycles. The number of hydrogen-bond acceptors (Lipinski definition) is 2. The molecule has 0 aromatic rings. The van der Waals surface area contributed by atoms with Crippen LogP contribution < -0.4 is 0 Å². The van der Waals surface area contributed by atoms with Crippen LogP contribution in [0.15, 0.2) is 0 Å². The van der Waals surface area contributed by atoms with E-state index in [1.165, 1.54) is 0 Å². The molecule has 0 heterocycles. The van der Waals surface area contributed by atoms with E-state index >= 15 is 0 Å². The summed E-state index contributed by atoms with van der Waals surface area (Å²) in [5, 5.41) is 13.9. The molecule has 0 atom stereocenters. The average molecular weight is 204 g/mol. The average Bonchev–Trinajstić information content (AvgIpc) is 1.19. The van der Waals surface area contributed by atoms with Gasteiger partial charge in [-0.1, -0.05) is 0 Å². The van der Waals surface area contributed by atoms with Crippen LogP contribution in [0.2, 0.25) is 0 Å². The van der Waals surface area contributed by atoms with Crippen molar-refractivity contribution >= 4 is 20.7 Å². The fourth-order valence-electron chi connectivity index (χ4n) is 0. The number of rotatable bonds is 0. The van der Waals surface area contributed by atoms with Crippen molar-refractivity contribution in [2.45, 2.75) is 0 Å². The van der Waals surface area contributed by atoms with Gasteiger partial charge in [-0.3, -0.25) is 0 Å². The third kappa shape index (κ3) is 943. The van der Waals surface area contributed by atoms with Gasteiger partial charge in [0.15, 0.2) is 0 Å². The first-order valence-corrected chi connectivity index (χ1v) is 4.72. The zero-order chi connectivity index (χ0) is 8.08. The zero-order valence-electron chi connectivity index (χ0n) is 4.00. The minimum absolute atomic E-state index is 1.83. The van der Waals surface area contributed by atoms with Gasteiger partial charge in [-0.05, 0) is 0 Å². The molecule has 9 heavy (non-hydrogen) atoms. The Morgan fingerprint density at radius 3 is 1.11 bits per heavy atom. The van der Waals surface area contributed by atoms with Crippen molar-refractivity contribution in [1.82, 2.24) is 0 Å². The fourth-order valence-corrected chi connectivity index (χ4v) is 0. The quantitative estimate of drug-likeness (QED) is 0.289. The molecule has 0 fully saturated rings. The molecule has 0 saturated carbocycles. The second-order valence-corrected chi connectivity index (χ2v) is 2.95. The van der Waals surface area contributed by atoms with Gasteiger partial charge in [-0.2, -0.15) is 0 Å². The Kier molecular flexibility index (Phi) is 5.53. The van der Waals surface area contributed by atoms with Gasteiger partial charge in [-0.15, -0.1) is 0 Å². The molecular weight excluding hydrogens is 199 g/mol. The Morgan fingerprint density at radius 2 is 1.11 bits per heavy atom. The summed E-state index contributed by atoms with van der Waals surface area (Å²) < 4.78 is 30.7. The van der Waals surface area contributed by atoms with Gasteiger partial charge in [0.1, 0.15) is 0 Å². The molecule has 0 amide bonds. The molecule has 0 rings (SSSR count). The van der Waals surface area contributed by atoms with Crippen molar-refractivity contribution in [3.63, 3.8) is 0 Å². The van der Waals surface area contributed by atoms with Crippen LogP contribution in [0.4, 0.5) is 4.79 Å². The minimum atomic E-state index is -5.12. The van der Waals surface area contributed by atoms with Crippen molar-refractivity contribution in [1.29, 1.82) is 0 Å². The molecule has 0 saturated heterocycles. The predicted octanol–water partition coefficient (Wildman–Crippen LogP) is -1.95. The maximum atomic E-state index is 8.94. The first kappa shape index (κ1) is 11.3. The molecule has 5 N–H and O–H groups in total. The zero-order valence-corrected chi connectivity index (χ0v) is 5.88. The van der Waals surface area contributed by atoms with E-state index in [-0.39, 0.29) is 0 Å². The summed E-state index contributed by atoms with van der Waals surface area (Å²) >= 11 is -5.12. The van der Waals surface area contributed by atoms with E-state index in [0.717, 1.165) is 0 Å². The predicted molar refractivity (Wildman–Crippen MR) is 23.8 cm³/mol. The van der Waals surface area contributed by atoms with Gasteiger partial charge < -0.3 is 10.2 Å². The van der Waals surface area contributed by atoms with E-state index in [4.69, 9.17) is 31.0 Å². The molecule has 0 radical (unpaired) electrons. The Labute approximate surface area is 52.5 Å². The van der Waals surface area contributed by atoms with Crippen molar-refractivity contribution < 1.29 is 31.0 Å². The normalized spacial score (nSPS) is 9.22. The van der Waals surface area contributed by atoms with E-state index in [2.05, 4.69) is 0 Å². The monoisotopic (exact) mass is 204 g/mol. The van der Waals surface area contributed by atoms with Gasteiger partial charge in [-0.25, -0.2) is 4.79 Å². The van der Waals surface area contributed by atoms with E-state index in [0.29, 0.717) is 0 Å². The molecule has 0 unspecified atom stereocenters. The summed E-state index contributed by atoms with van der Waals surface area (Å²) in [4.78, 5) is 8.56. The molecule has 8 heteroatoms. The van der Waals surface area contributed by atoms with E-state index in [1.807, 2.05) is 0 Å². The Balaban J connectivity index is 0.